The van der Waals surface area contributed by atoms with Gasteiger partial charge in [-0.05, 0) is 70.2 Å². The number of nitrogens with zero attached hydrogens (tertiary/aromatic N) is 1. The van der Waals surface area contributed by atoms with Gasteiger partial charge in [0.15, 0.2) is 14.6 Å². The van der Waals surface area contributed by atoms with Crippen molar-refractivity contribution in [3.05, 3.63) is 42.5 Å². The largest absolute Gasteiger partial charge is 0.494 e. The van der Waals surface area contributed by atoms with Gasteiger partial charge >= 0.3 is 5.97 Å². The summed E-state index contributed by atoms with van der Waals surface area (Å²) in [6.07, 6.45) is 0.116. The van der Waals surface area contributed by atoms with Crippen molar-refractivity contribution < 1.29 is 27.4 Å². The van der Waals surface area contributed by atoms with E-state index in [9.17, 15) is 13.2 Å². The Bertz CT molecular complexity index is 1280. The van der Waals surface area contributed by atoms with E-state index in [-0.39, 0.29) is 31.0 Å². The number of sulfone groups is 1. The molecule has 0 aliphatic carbocycles. The van der Waals surface area contributed by atoms with Crippen molar-refractivity contribution in [2.45, 2.75) is 55.8 Å². The zero-order chi connectivity index (χ0) is 24.6. The molecule has 182 valence electrons. The van der Waals surface area contributed by atoms with Crippen molar-refractivity contribution in [1.82, 2.24) is 4.98 Å². The van der Waals surface area contributed by atoms with Crippen LogP contribution in [0.5, 0.6) is 5.75 Å². The van der Waals surface area contributed by atoms with Crippen LogP contribution in [0.1, 0.15) is 40.5 Å². The van der Waals surface area contributed by atoms with Crippen molar-refractivity contribution in [2.75, 3.05) is 19.8 Å². The maximum atomic E-state index is 13.9. The molecule has 7 nitrogen and oxygen atoms in total. The maximum absolute atomic E-state index is 13.9. The summed E-state index contributed by atoms with van der Waals surface area (Å²) in [5.41, 5.74) is 0.821. The summed E-state index contributed by atoms with van der Waals surface area (Å²) < 4.78 is 43.3. The van der Waals surface area contributed by atoms with Crippen LogP contribution in [0, 0.1) is 0 Å². The highest BCUT2D eigenvalue weighted by atomic mass is 32.2. The van der Waals surface area contributed by atoms with Crippen molar-refractivity contribution in [1.29, 1.82) is 0 Å². The van der Waals surface area contributed by atoms with E-state index in [0.29, 0.717) is 12.1 Å². The molecule has 2 aromatic carbocycles. The number of carbonyl (C=O) groups is 1. The lowest BCUT2D eigenvalue weighted by Crippen LogP contribution is -2.53. The summed E-state index contributed by atoms with van der Waals surface area (Å²) in [6.45, 7) is 8.09. The van der Waals surface area contributed by atoms with Gasteiger partial charge in [0.1, 0.15) is 16.4 Å². The molecule has 0 spiro atoms. The van der Waals surface area contributed by atoms with Crippen molar-refractivity contribution in [3.8, 4) is 16.3 Å². The fourth-order valence-corrected chi connectivity index (χ4v) is 6.96. The summed E-state index contributed by atoms with van der Waals surface area (Å²) in [7, 11) is -4.05. The van der Waals surface area contributed by atoms with Crippen LogP contribution in [0.3, 0.4) is 0 Å². The molecule has 1 saturated heterocycles. The first-order valence-electron chi connectivity index (χ1n) is 11.3. The second-order valence-corrected chi connectivity index (χ2v) is 12.5. The van der Waals surface area contributed by atoms with Crippen LogP contribution in [-0.2, 0) is 24.1 Å². The second kappa shape index (κ2) is 9.28. The van der Waals surface area contributed by atoms with Gasteiger partial charge in [0, 0.05) is 31.6 Å². The first kappa shape index (κ1) is 24.6. The van der Waals surface area contributed by atoms with Gasteiger partial charge < -0.3 is 14.2 Å². The number of hydrogen-bond donors (Lipinski definition) is 0. The molecular formula is C25H29NO6S2. The number of benzene rings is 2. The van der Waals surface area contributed by atoms with E-state index >= 15 is 0 Å². The monoisotopic (exact) mass is 503 g/mol. The van der Waals surface area contributed by atoms with E-state index < -0.39 is 26.2 Å². The Kier molecular flexibility index (Phi) is 6.72. The minimum Gasteiger partial charge on any atom is -0.494 e. The Labute approximate surface area is 204 Å². The molecule has 0 unspecified atom stereocenters. The quantitative estimate of drug-likeness (QED) is 0.436. The number of ether oxygens (including phenoxy) is 3. The number of thiazole rings is 1. The third-order valence-electron chi connectivity index (χ3n) is 5.67. The molecule has 1 aliphatic heterocycles. The highest BCUT2D eigenvalue weighted by molar-refractivity contribution is 7.93. The van der Waals surface area contributed by atoms with Gasteiger partial charge in [-0.15, -0.1) is 11.3 Å². The minimum absolute atomic E-state index is 0.0579. The van der Waals surface area contributed by atoms with Crippen LogP contribution >= 0.6 is 11.3 Å². The Balaban J connectivity index is 1.71. The van der Waals surface area contributed by atoms with E-state index in [1.54, 1.807) is 32.9 Å². The van der Waals surface area contributed by atoms with E-state index in [1.807, 2.05) is 31.2 Å². The molecule has 0 saturated carbocycles. The molecule has 0 radical (unpaired) electrons. The normalized spacial score (nSPS) is 16.4. The number of esters is 1. The van der Waals surface area contributed by atoms with Gasteiger partial charge in [0.25, 0.3) is 0 Å². The number of rotatable bonds is 6. The second-order valence-electron chi connectivity index (χ2n) is 9.22. The molecule has 4 rings (SSSR count). The standard InChI is InChI=1S/C25H29NO6S2/c1-5-31-18-8-6-17(7-9-18)22-26-20-11-10-19(16-21(20)33-22)34(28,29)25(12-14-30-15-13-25)23(27)32-24(2,3)4/h6-11,16H,5,12-15H2,1-4H3. The maximum Gasteiger partial charge on any atom is 0.328 e. The molecule has 0 amide bonds. The Morgan fingerprint density at radius 2 is 1.79 bits per heavy atom. The van der Waals surface area contributed by atoms with Crippen LogP contribution in [0.15, 0.2) is 47.4 Å². The van der Waals surface area contributed by atoms with Gasteiger partial charge in [0.05, 0.1) is 21.7 Å². The van der Waals surface area contributed by atoms with E-state index in [2.05, 4.69) is 4.98 Å². The van der Waals surface area contributed by atoms with Gasteiger partial charge in [0.2, 0.25) is 0 Å². The lowest BCUT2D eigenvalue weighted by molar-refractivity contribution is -0.160. The van der Waals surface area contributed by atoms with Crippen LogP contribution in [-0.4, -0.2) is 49.5 Å². The average Bonchev–Trinajstić information content (AvgIpc) is 3.22. The van der Waals surface area contributed by atoms with Crippen LogP contribution in [0.2, 0.25) is 0 Å². The highest BCUT2D eigenvalue weighted by Gasteiger charge is 2.54. The molecule has 0 atom stereocenters. The summed E-state index contributed by atoms with van der Waals surface area (Å²) in [6, 6.07) is 12.5. The Hall–Kier alpha value is -2.49. The fourth-order valence-electron chi connectivity index (χ4n) is 3.94. The van der Waals surface area contributed by atoms with Crippen LogP contribution in [0.4, 0.5) is 0 Å². The lowest BCUT2D eigenvalue weighted by Gasteiger charge is -2.36. The molecule has 1 aliphatic rings. The van der Waals surface area contributed by atoms with E-state index in [0.717, 1.165) is 21.0 Å². The average molecular weight is 504 g/mol. The molecule has 3 aromatic rings. The van der Waals surface area contributed by atoms with Gasteiger partial charge in [-0.3, -0.25) is 4.79 Å². The van der Waals surface area contributed by atoms with E-state index in [1.165, 1.54) is 17.4 Å². The molecular weight excluding hydrogens is 474 g/mol. The van der Waals surface area contributed by atoms with Crippen molar-refractivity contribution in [3.63, 3.8) is 0 Å². The summed E-state index contributed by atoms with van der Waals surface area (Å²) in [5.74, 6) is 0.0624. The number of fused-ring (bicyclic) bond motifs is 1. The summed E-state index contributed by atoms with van der Waals surface area (Å²) in [4.78, 5) is 18.0. The smallest absolute Gasteiger partial charge is 0.328 e. The molecule has 9 heteroatoms. The summed E-state index contributed by atoms with van der Waals surface area (Å²) >= 11 is 1.41. The minimum atomic E-state index is -4.05. The number of aromatic nitrogens is 1. The summed E-state index contributed by atoms with van der Waals surface area (Å²) in [5, 5.41) is 0.778. The van der Waals surface area contributed by atoms with Crippen molar-refractivity contribution >= 4 is 37.4 Å². The highest BCUT2D eigenvalue weighted by Crippen LogP contribution is 2.39. The zero-order valence-electron chi connectivity index (χ0n) is 19.8. The van der Waals surface area contributed by atoms with Crippen LogP contribution in [0.25, 0.3) is 20.8 Å². The zero-order valence-corrected chi connectivity index (χ0v) is 21.4. The van der Waals surface area contributed by atoms with Crippen molar-refractivity contribution in [2.24, 2.45) is 0 Å². The number of hydrogen-bond acceptors (Lipinski definition) is 8. The first-order chi connectivity index (χ1) is 16.1. The van der Waals surface area contributed by atoms with Crippen LogP contribution < -0.4 is 4.74 Å². The number of carbonyl (C=O) groups excluding carboxylic acids is 1. The molecule has 2 heterocycles. The topological polar surface area (TPSA) is 91.8 Å². The SMILES string of the molecule is CCOc1ccc(-c2nc3ccc(S(=O)(=O)C4(C(=O)OC(C)(C)C)CCOCC4)cc3s2)cc1. The Morgan fingerprint density at radius 3 is 2.41 bits per heavy atom. The van der Waals surface area contributed by atoms with Gasteiger partial charge in [-0.25, -0.2) is 13.4 Å². The molecule has 1 fully saturated rings. The Morgan fingerprint density at radius 1 is 1.12 bits per heavy atom. The van der Waals surface area contributed by atoms with Gasteiger partial charge in [-0.2, -0.15) is 0 Å². The third kappa shape index (κ3) is 4.69. The van der Waals surface area contributed by atoms with E-state index in [4.69, 9.17) is 14.2 Å². The molecule has 1 aromatic heterocycles. The first-order valence-corrected chi connectivity index (χ1v) is 13.6. The van der Waals surface area contributed by atoms with Gasteiger partial charge in [-0.1, -0.05) is 0 Å². The predicted molar refractivity (Wildman–Crippen MR) is 132 cm³/mol. The molecule has 0 N–H and O–H groups in total. The fraction of sp³-hybridized carbons (Fsp3) is 0.440. The predicted octanol–water partition coefficient (Wildman–Crippen LogP) is 5.03. The third-order valence-corrected chi connectivity index (χ3v) is 9.21. The lowest BCUT2D eigenvalue weighted by atomic mass is 9.99. The molecule has 0 bridgehead atoms. The molecule has 34 heavy (non-hydrogen) atoms.